The number of nitrogens with zero attached hydrogens (tertiary/aromatic N) is 4. The van der Waals surface area contributed by atoms with E-state index >= 15 is 0 Å². The van der Waals surface area contributed by atoms with Gasteiger partial charge in [-0.25, -0.2) is 4.68 Å². The van der Waals surface area contributed by atoms with E-state index in [0.717, 1.165) is 44.0 Å². The van der Waals surface area contributed by atoms with E-state index in [-0.39, 0.29) is 11.9 Å². The van der Waals surface area contributed by atoms with Gasteiger partial charge in [0.2, 0.25) is 0 Å². The normalized spacial score (nSPS) is 16.3. The Morgan fingerprint density at radius 2 is 1.83 bits per heavy atom. The average molecular weight is 424 g/mol. The summed E-state index contributed by atoms with van der Waals surface area (Å²) in [6.07, 6.45) is 1.78. The van der Waals surface area contributed by atoms with Crippen LogP contribution in [0.2, 0.25) is 5.02 Å². The van der Waals surface area contributed by atoms with Crippen molar-refractivity contribution >= 4 is 17.5 Å². The van der Waals surface area contributed by atoms with Crippen LogP contribution in [0.15, 0.2) is 66.9 Å². The van der Waals surface area contributed by atoms with Crippen molar-refractivity contribution in [2.75, 3.05) is 39.8 Å². The molecule has 0 radical (unpaired) electrons. The Labute approximate surface area is 182 Å². The van der Waals surface area contributed by atoms with Gasteiger partial charge < -0.3 is 10.2 Å². The fraction of sp³-hybridized carbons (Fsp3) is 0.304. The van der Waals surface area contributed by atoms with Crippen LogP contribution in [0.4, 0.5) is 0 Å². The van der Waals surface area contributed by atoms with Gasteiger partial charge in [-0.2, -0.15) is 5.10 Å². The summed E-state index contributed by atoms with van der Waals surface area (Å²) < 4.78 is 1.67. The first kappa shape index (κ1) is 20.6. The van der Waals surface area contributed by atoms with Crippen molar-refractivity contribution < 1.29 is 4.79 Å². The number of hydrogen-bond acceptors (Lipinski definition) is 4. The number of likely N-dealkylation sites (N-methyl/N-ethyl adjacent to an activating group) is 1. The molecule has 0 aliphatic carbocycles. The summed E-state index contributed by atoms with van der Waals surface area (Å²) in [6, 6.07) is 19.1. The molecule has 1 unspecified atom stereocenters. The molecular weight excluding hydrogens is 398 g/mol. The zero-order valence-electron chi connectivity index (χ0n) is 17.0. The van der Waals surface area contributed by atoms with Crippen LogP contribution in [-0.4, -0.2) is 65.3 Å². The number of benzene rings is 2. The molecule has 0 bridgehead atoms. The predicted octanol–water partition coefficient (Wildman–Crippen LogP) is 3.24. The van der Waals surface area contributed by atoms with Gasteiger partial charge in [-0.15, -0.1) is 0 Å². The minimum absolute atomic E-state index is 0.0987. The van der Waals surface area contributed by atoms with Crippen LogP contribution in [0, 0.1) is 0 Å². The molecule has 4 rings (SSSR count). The second-order valence-electron chi connectivity index (χ2n) is 7.67. The SMILES string of the molecule is CN1CCN(CC(NC(=O)c2ccn(-c3cccc(Cl)c3)n2)c2ccccc2)CC1. The first-order chi connectivity index (χ1) is 14.6. The molecule has 1 aromatic heterocycles. The number of carbonyl (C=O) groups is 1. The Morgan fingerprint density at radius 3 is 2.57 bits per heavy atom. The lowest BCUT2D eigenvalue weighted by Crippen LogP contribution is -2.47. The first-order valence-electron chi connectivity index (χ1n) is 10.2. The Hall–Kier alpha value is -2.67. The van der Waals surface area contributed by atoms with Gasteiger partial charge in [0.15, 0.2) is 5.69 Å². The van der Waals surface area contributed by atoms with E-state index in [1.54, 1.807) is 16.9 Å². The minimum Gasteiger partial charge on any atom is -0.343 e. The zero-order chi connectivity index (χ0) is 20.9. The Morgan fingerprint density at radius 1 is 1.07 bits per heavy atom. The molecule has 1 aliphatic heterocycles. The van der Waals surface area contributed by atoms with Gasteiger partial charge in [0.1, 0.15) is 0 Å². The highest BCUT2D eigenvalue weighted by atomic mass is 35.5. The van der Waals surface area contributed by atoms with Crippen molar-refractivity contribution in [3.63, 3.8) is 0 Å². The zero-order valence-corrected chi connectivity index (χ0v) is 17.8. The molecule has 1 amide bonds. The van der Waals surface area contributed by atoms with Crippen molar-refractivity contribution in [3.8, 4) is 5.69 Å². The molecule has 1 N–H and O–H groups in total. The number of piperazine rings is 1. The lowest BCUT2D eigenvalue weighted by Gasteiger charge is -2.35. The molecule has 2 aromatic carbocycles. The quantitative estimate of drug-likeness (QED) is 0.661. The second kappa shape index (κ2) is 9.43. The predicted molar refractivity (Wildman–Crippen MR) is 119 cm³/mol. The van der Waals surface area contributed by atoms with Crippen molar-refractivity contribution in [3.05, 3.63) is 83.1 Å². The van der Waals surface area contributed by atoms with E-state index in [1.807, 2.05) is 42.5 Å². The molecule has 3 aromatic rings. The maximum Gasteiger partial charge on any atom is 0.272 e. The van der Waals surface area contributed by atoms with E-state index in [2.05, 4.69) is 39.4 Å². The number of aromatic nitrogens is 2. The molecule has 1 saturated heterocycles. The lowest BCUT2D eigenvalue weighted by molar-refractivity contribution is 0.0902. The molecule has 30 heavy (non-hydrogen) atoms. The summed E-state index contributed by atoms with van der Waals surface area (Å²) in [5.41, 5.74) is 2.30. The summed E-state index contributed by atoms with van der Waals surface area (Å²) in [4.78, 5) is 17.7. The highest BCUT2D eigenvalue weighted by Crippen LogP contribution is 2.17. The Balaban J connectivity index is 1.49. The number of nitrogens with one attached hydrogen (secondary N) is 1. The van der Waals surface area contributed by atoms with Crippen molar-refractivity contribution in [1.29, 1.82) is 0 Å². The van der Waals surface area contributed by atoms with Crippen LogP contribution in [0.3, 0.4) is 0 Å². The highest BCUT2D eigenvalue weighted by Gasteiger charge is 2.22. The molecule has 1 fully saturated rings. The van der Waals surface area contributed by atoms with Gasteiger partial charge in [0, 0.05) is 43.9 Å². The van der Waals surface area contributed by atoms with Gasteiger partial charge in [-0.3, -0.25) is 9.69 Å². The summed E-state index contributed by atoms with van der Waals surface area (Å²) >= 11 is 6.07. The van der Waals surface area contributed by atoms with E-state index in [1.165, 1.54) is 0 Å². The maximum absolute atomic E-state index is 13.0. The summed E-state index contributed by atoms with van der Waals surface area (Å²) in [5, 5.41) is 8.27. The van der Waals surface area contributed by atoms with Crippen LogP contribution in [0.25, 0.3) is 5.69 Å². The standard InChI is InChI=1S/C23H26ClN5O/c1-27-12-14-28(15-13-27)17-22(18-6-3-2-4-7-18)25-23(30)21-10-11-29(26-21)20-9-5-8-19(24)16-20/h2-11,16,22H,12-15,17H2,1H3,(H,25,30). The molecule has 0 saturated carbocycles. The fourth-order valence-electron chi connectivity index (χ4n) is 3.65. The molecule has 1 atom stereocenters. The number of halogens is 1. The topological polar surface area (TPSA) is 53.4 Å². The maximum atomic E-state index is 13.0. The van der Waals surface area contributed by atoms with Crippen LogP contribution < -0.4 is 5.32 Å². The third-order valence-corrected chi connectivity index (χ3v) is 5.67. The minimum atomic E-state index is -0.182. The molecule has 2 heterocycles. The lowest BCUT2D eigenvalue weighted by atomic mass is 10.1. The molecule has 6 nitrogen and oxygen atoms in total. The smallest absolute Gasteiger partial charge is 0.272 e. The van der Waals surface area contributed by atoms with Gasteiger partial charge in [0.05, 0.1) is 11.7 Å². The summed E-state index contributed by atoms with van der Waals surface area (Å²) in [7, 11) is 2.14. The number of carbonyl (C=O) groups excluding carboxylic acids is 1. The van der Waals surface area contributed by atoms with Crippen molar-refractivity contribution in [2.45, 2.75) is 6.04 Å². The van der Waals surface area contributed by atoms with Crippen molar-refractivity contribution in [1.82, 2.24) is 24.9 Å². The van der Waals surface area contributed by atoms with Crippen LogP contribution in [0.1, 0.15) is 22.1 Å². The largest absolute Gasteiger partial charge is 0.343 e. The monoisotopic (exact) mass is 423 g/mol. The van der Waals surface area contributed by atoms with Crippen molar-refractivity contribution in [2.24, 2.45) is 0 Å². The third-order valence-electron chi connectivity index (χ3n) is 5.44. The molecular formula is C23H26ClN5O. The van der Waals surface area contributed by atoms with E-state index < -0.39 is 0 Å². The van der Waals surface area contributed by atoms with E-state index in [4.69, 9.17) is 11.6 Å². The number of amides is 1. The third kappa shape index (κ3) is 5.08. The first-order valence-corrected chi connectivity index (χ1v) is 10.5. The van der Waals surface area contributed by atoms with E-state index in [9.17, 15) is 4.79 Å². The average Bonchev–Trinajstić information content (AvgIpc) is 3.26. The second-order valence-corrected chi connectivity index (χ2v) is 8.10. The molecule has 0 spiro atoms. The van der Waals surface area contributed by atoms with Gasteiger partial charge in [0.25, 0.3) is 5.91 Å². The summed E-state index contributed by atoms with van der Waals surface area (Å²) in [6.45, 7) is 4.86. The molecule has 1 aliphatic rings. The van der Waals surface area contributed by atoms with Gasteiger partial charge in [-0.05, 0) is 36.9 Å². The van der Waals surface area contributed by atoms with Gasteiger partial charge >= 0.3 is 0 Å². The Bertz CT molecular complexity index is 982. The van der Waals surface area contributed by atoms with Gasteiger partial charge in [-0.1, -0.05) is 48.0 Å². The number of rotatable bonds is 6. The highest BCUT2D eigenvalue weighted by molar-refractivity contribution is 6.30. The Kier molecular flexibility index (Phi) is 6.47. The fourth-order valence-corrected chi connectivity index (χ4v) is 3.83. The van der Waals surface area contributed by atoms with E-state index in [0.29, 0.717) is 10.7 Å². The van der Waals surface area contributed by atoms with Crippen LogP contribution >= 0.6 is 11.6 Å². The summed E-state index contributed by atoms with van der Waals surface area (Å²) in [5.74, 6) is -0.182. The number of hydrogen-bond donors (Lipinski definition) is 1. The van der Waals surface area contributed by atoms with Crippen LogP contribution in [-0.2, 0) is 0 Å². The molecule has 7 heteroatoms. The van der Waals surface area contributed by atoms with Crippen LogP contribution in [0.5, 0.6) is 0 Å². The molecule has 156 valence electrons.